The number of methoxy groups -OCH3 is 1. The molecule has 1 atom stereocenters. The molecule has 1 amide bonds. The Bertz CT molecular complexity index is 837. The van der Waals surface area contributed by atoms with E-state index in [1.807, 2.05) is 6.07 Å². The lowest BCUT2D eigenvalue weighted by Crippen LogP contribution is -2.26. The molecule has 7 nitrogen and oxygen atoms in total. The number of furan rings is 1. The van der Waals surface area contributed by atoms with Crippen LogP contribution in [0, 0.1) is 6.92 Å². The van der Waals surface area contributed by atoms with E-state index >= 15 is 0 Å². The number of hydrogen-bond donors (Lipinski definition) is 0. The molecule has 28 heavy (non-hydrogen) atoms. The first-order chi connectivity index (χ1) is 13.5. The molecule has 3 rings (SSSR count). The van der Waals surface area contributed by atoms with Gasteiger partial charge < -0.3 is 23.5 Å². The van der Waals surface area contributed by atoms with E-state index in [1.165, 1.54) is 12.0 Å². The zero-order valence-electron chi connectivity index (χ0n) is 16.4. The van der Waals surface area contributed by atoms with Crippen LogP contribution in [0.1, 0.15) is 45.1 Å². The fourth-order valence-electron chi connectivity index (χ4n) is 3.14. The van der Waals surface area contributed by atoms with Gasteiger partial charge in [0.1, 0.15) is 29.4 Å². The fourth-order valence-corrected chi connectivity index (χ4v) is 3.14. The molecule has 0 aliphatic carbocycles. The third-order valence-electron chi connectivity index (χ3n) is 4.65. The Hall–Kier alpha value is -2.80. The van der Waals surface area contributed by atoms with Crippen molar-refractivity contribution in [3.05, 3.63) is 53.0 Å². The first-order valence-corrected chi connectivity index (χ1v) is 9.25. The fraction of sp³-hybridized carbons (Fsp3) is 0.429. The zero-order chi connectivity index (χ0) is 20.1. The van der Waals surface area contributed by atoms with E-state index < -0.39 is 5.97 Å². The second kappa shape index (κ2) is 8.93. The van der Waals surface area contributed by atoms with Crippen LogP contribution in [0.5, 0.6) is 5.75 Å². The maximum Gasteiger partial charge on any atom is 0.341 e. The molecule has 0 N–H and O–H groups in total. The van der Waals surface area contributed by atoms with Crippen molar-refractivity contribution in [2.45, 2.75) is 32.4 Å². The van der Waals surface area contributed by atoms with Gasteiger partial charge in [-0.25, -0.2) is 4.79 Å². The van der Waals surface area contributed by atoms with Gasteiger partial charge in [-0.3, -0.25) is 4.79 Å². The summed E-state index contributed by atoms with van der Waals surface area (Å²) in [4.78, 5) is 26.0. The quantitative estimate of drug-likeness (QED) is 0.679. The van der Waals surface area contributed by atoms with Crippen molar-refractivity contribution < 1.29 is 28.2 Å². The number of benzene rings is 1. The lowest BCUT2D eigenvalue weighted by atomic mass is 10.2. The summed E-state index contributed by atoms with van der Waals surface area (Å²) in [7, 11) is 3.00. The molecule has 0 saturated carbocycles. The van der Waals surface area contributed by atoms with Gasteiger partial charge in [0, 0.05) is 19.2 Å². The maximum absolute atomic E-state index is 12.8. The topological polar surface area (TPSA) is 78.2 Å². The normalized spacial score (nSPS) is 16.0. The van der Waals surface area contributed by atoms with Gasteiger partial charge in [0.15, 0.2) is 0 Å². The van der Waals surface area contributed by atoms with E-state index in [9.17, 15) is 9.59 Å². The van der Waals surface area contributed by atoms with Crippen molar-refractivity contribution in [3.8, 4) is 5.75 Å². The van der Waals surface area contributed by atoms with Crippen LogP contribution >= 0.6 is 0 Å². The maximum atomic E-state index is 12.8. The summed E-state index contributed by atoms with van der Waals surface area (Å²) in [6.45, 7) is 3.18. The van der Waals surface area contributed by atoms with Gasteiger partial charge in [0.25, 0.3) is 5.91 Å². The van der Waals surface area contributed by atoms with Crippen molar-refractivity contribution in [1.82, 2.24) is 4.90 Å². The Balaban J connectivity index is 1.62. The molecular formula is C21H25NO6. The van der Waals surface area contributed by atoms with E-state index in [-0.39, 0.29) is 18.6 Å². The third-order valence-corrected chi connectivity index (χ3v) is 4.65. The van der Waals surface area contributed by atoms with Gasteiger partial charge in [-0.15, -0.1) is 0 Å². The summed E-state index contributed by atoms with van der Waals surface area (Å²) in [5.74, 6) is 0.983. The average molecular weight is 387 g/mol. The number of esters is 1. The lowest BCUT2D eigenvalue weighted by Gasteiger charge is -2.17. The second-order valence-corrected chi connectivity index (χ2v) is 6.81. The average Bonchev–Trinajstić information content (AvgIpc) is 3.35. The molecule has 2 aromatic rings. The first kappa shape index (κ1) is 19.9. The number of amides is 1. The summed E-state index contributed by atoms with van der Waals surface area (Å²) in [5.41, 5.74) is 0.881. The predicted octanol–water partition coefficient (Wildman–Crippen LogP) is 3.20. The minimum atomic E-state index is -0.461. The number of hydrogen-bond acceptors (Lipinski definition) is 6. The molecule has 1 aliphatic rings. The lowest BCUT2D eigenvalue weighted by molar-refractivity contribution is 0.0598. The molecule has 1 saturated heterocycles. The zero-order valence-corrected chi connectivity index (χ0v) is 16.4. The highest BCUT2D eigenvalue weighted by Gasteiger charge is 2.20. The van der Waals surface area contributed by atoms with E-state index in [0.29, 0.717) is 35.0 Å². The molecule has 0 spiro atoms. The summed E-state index contributed by atoms with van der Waals surface area (Å²) in [6, 6.07) is 8.68. The highest BCUT2D eigenvalue weighted by Crippen LogP contribution is 2.20. The standard InChI is InChI=1S/C21H25NO6/c1-14-19(21(24)25-3)11-18(28-14)12-22(2)20(23)15-6-4-7-16(10-15)27-13-17-8-5-9-26-17/h4,6-7,10-11,17H,5,8-9,12-13H2,1-3H3. The van der Waals surface area contributed by atoms with Crippen LogP contribution < -0.4 is 4.74 Å². The summed E-state index contributed by atoms with van der Waals surface area (Å²) in [6.07, 6.45) is 2.17. The van der Waals surface area contributed by atoms with Gasteiger partial charge >= 0.3 is 5.97 Å². The Morgan fingerprint density at radius 2 is 2.11 bits per heavy atom. The first-order valence-electron chi connectivity index (χ1n) is 9.25. The Morgan fingerprint density at radius 3 is 2.82 bits per heavy atom. The number of carbonyl (C=O) groups excluding carboxylic acids is 2. The van der Waals surface area contributed by atoms with Crippen LogP contribution in [0.2, 0.25) is 0 Å². The van der Waals surface area contributed by atoms with Crippen LogP contribution in [0.15, 0.2) is 34.7 Å². The van der Waals surface area contributed by atoms with Crippen LogP contribution in [0.4, 0.5) is 0 Å². The molecule has 2 heterocycles. The second-order valence-electron chi connectivity index (χ2n) is 6.81. The highest BCUT2D eigenvalue weighted by atomic mass is 16.5. The Morgan fingerprint density at radius 1 is 1.29 bits per heavy atom. The summed E-state index contributed by atoms with van der Waals surface area (Å²) < 4.78 is 21.6. The largest absolute Gasteiger partial charge is 0.491 e. The van der Waals surface area contributed by atoms with Gasteiger partial charge in [0.2, 0.25) is 0 Å². The van der Waals surface area contributed by atoms with E-state index in [0.717, 1.165) is 19.4 Å². The number of carbonyl (C=O) groups is 2. The van der Waals surface area contributed by atoms with Gasteiger partial charge in [0.05, 0.1) is 19.8 Å². The van der Waals surface area contributed by atoms with Gasteiger partial charge in [-0.05, 0) is 44.0 Å². The van der Waals surface area contributed by atoms with Gasteiger partial charge in [-0.1, -0.05) is 6.07 Å². The van der Waals surface area contributed by atoms with Crippen molar-refractivity contribution in [3.63, 3.8) is 0 Å². The summed E-state index contributed by atoms with van der Waals surface area (Å²) in [5, 5.41) is 0. The van der Waals surface area contributed by atoms with Crippen LogP contribution in [-0.2, 0) is 16.0 Å². The van der Waals surface area contributed by atoms with Crippen LogP contribution in [-0.4, -0.2) is 50.3 Å². The molecule has 1 aliphatic heterocycles. The predicted molar refractivity (Wildman–Crippen MR) is 101 cm³/mol. The molecule has 1 fully saturated rings. The smallest absolute Gasteiger partial charge is 0.341 e. The van der Waals surface area contributed by atoms with Gasteiger partial charge in [-0.2, -0.15) is 0 Å². The Kier molecular flexibility index (Phi) is 6.36. The minimum absolute atomic E-state index is 0.119. The minimum Gasteiger partial charge on any atom is -0.491 e. The van der Waals surface area contributed by atoms with Crippen LogP contribution in [0.3, 0.4) is 0 Å². The molecular weight excluding hydrogens is 362 g/mol. The van der Waals surface area contributed by atoms with Crippen molar-refractivity contribution in [1.29, 1.82) is 0 Å². The number of aryl methyl sites for hydroxylation is 1. The van der Waals surface area contributed by atoms with E-state index in [1.54, 1.807) is 38.2 Å². The third kappa shape index (κ3) is 4.72. The number of ether oxygens (including phenoxy) is 3. The van der Waals surface area contributed by atoms with Crippen molar-refractivity contribution in [2.24, 2.45) is 0 Å². The van der Waals surface area contributed by atoms with E-state index in [2.05, 4.69) is 0 Å². The summed E-state index contributed by atoms with van der Waals surface area (Å²) >= 11 is 0. The SMILES string of the molecule is COC(=O)c1cc(CN(C)C(=O)c2cccc(OCC3CCCO3)c2)oc1C. The van der Waals surface area contributed by atoms with Crippen molar-refractivity contribution in [2.75, 3.05) is 27.4 Å². The molecule has 1 aromatic carbocycles. The monoisotopic (exact) mass is 387 g/mol. The molecule has 1 aromatic heterocycles. The molecule has 7 heteroatoms. The highest BCUT2D eigenvalue weighted by molar-refractivity contribution is 5.94. The van der Waals surface area contributed by atoms with E-state index in [4.69, 9.17) is 18.6 Å². The number of nitrogens with zero attached hydrogens (tertiary/aromatic N) is 1. The molecule has 0 bridgehead atoms. The van der Waals surface area contributed by atoms with Crippen LogP contribution in [0.25, 0.3) is 0 Å². The molecule has 0 radical (unpaired) electrons. The number of rotatable bonds is 7. The Labute approximate surface area is 164 Å². The van der Waals surface area contributed by atoms with Crippen molar-refractivity contribution >= 4 is 11.9 Å². The molecule has 150 valence electrons. The molecule has 1 unspecified atom stereocenters.